The Morgan fingerprint density at radius 2 is 1.97 bits per heavy atom. The van der Waals surface area contributed by atoms with Crippen LogP contribution in [0.15, 0.2) is 53.6 Å². The van der Waals surface area contributed by atoms with Crippen LogP contribution < -0.4 is 19.6 Å². The summed E-state index contributed by atoms with van der Waals surface area (Å²) in [4.78, 5) is 12.0. The number of carbonyl (C=O) groups is 1. The molecule has 7 nitrogen and oxygen atoms in total. The molecule has 0 spiro atoms. The molecule has 0 aliphatic carbocycles. The maximum Gasteiger partial charge on any atom is 0.277 e. The van der Waals surface area contributed by atoms with Crippen molar-refractivity contribution in [1.82, 2.24) is 9.99 Å². The molecule has 7 heteroatoms. The van der Waals surface area contributed by atoms with E-state index in [-0.39, 0.29) is 19.3 Å². The van der Waals surface area contributed by atoms with Gasteiger partial charge in [-0.15, -0.1) is 0 Å². The van der Waals surface area contributed by atoms with Crippen LogP contribution >= 0.6 is 0 Å². The molecule has 154 valence electrons. The fourth-order valence-electron chi connectivity index (χ4n) is 3.40. The number of aryl methyl sites for hydroxylation is 2. The van der Waals surface area contributed by atoms with Gasteiger partial charge in [0, 0.05) is 28.7 Å². The largest absolute Gasteiger partial charge is 0.484 e. The molecule has 0 atom stereocenters. The Kier molecular flexibility index (Phi) is 5.43. The second-order valence-corrected chi connectivity index (χ2v) is 7.10. The maximum absolute atomic E-state index is 12.0. The van der Waals surface area contributed by atoms with Crippen molar-refractivity contribution < 1.29 is 19.0 Å². The summed E-state index contributed by atoms with van der Waals surface area (Å²) in [5.74, 6) is 1.81. The number of carbonyl (C=O) groups excluding carboxylic acids is 1. The van der Waals surface area contributed by atoms with E-state index in [4.69, 9.17) is 14.2 Å². The molecule has 0 bridgehead atoms. The van der Waals surface area contributed by atoms with Gasteiger partial charge < -0.3 is 18.8 Å². The molecule has 1 amide bonds. The third kappa shape index (κ3) is 4.15. The van der Waals surface area contributed by atoms with Crippen LogP contribution in [0, 0.1) is 20.8 Å². The average Bonchev–Trinajstić information content (AvgIpc) is 3.30. The van der Waals surface area contributed by atoms with E-state index in [2.05, 4.69) is 15.1 Å². The van der Waals surface area contributed by atoms with Gasteiger partial charge in [-0.25, -0.2) is 5.43 Å². The van der Waals surface area contributed by atoms with E-state index >= 15 is 0 Å². The van der Waals surface area contributed by atoms with Gasteiger partial charge in [0.1, 0.15) is 5.75 Å². The summed E-state index contributed by atoms with van der Waals surface area (Å²) in [5.41, 5.74) is 7.51. The number of hydrazone groups is 1. The summed E-state index contributed by atoms with van der Waals surface area (Å²) in [6, 6.07) is 15.4. The smallest absolute Gasteiger partial charge is 0.277 e. The Bertz CT molecular complexity index is 1120. The lowest BCUT2D eigenvalue weighted by Crippen LogP contribution is -2.24. The van der Waals surface area contributed by atoms with Crippen LogP contribution in [0.25, 0.3) is 5.69 Å². The number of hydrogen-bond acceptors (Lipinski definition) is 5. The van der Waals surface area contributed by atoms with Crippen molar-refractivity contribution in [1.29, 1.82) is 0 Å². The zero-order chi connectivity index (χ0) is 21.1. The van der Waals surface area contributed by atoms with Crippen LogP contribution in [0.2, 0.25) is 0 Å². The number of rotatable bonds is 6. The number of amides is 1. The van der Waals surface area contributed by atoms with Gasteiger partial charge in [0.2, 0.25) is 6.79 Å². The van der Waals surface area contributed by atoms with E-state index in [0.29, 0.717) is 5.75 Å². The molecule has 0 fully saturated rings. The summed E-state index contributed by atoms with van der Waals surface area (Å²) in [6.07, 6.45) is 1.64. The van der Waals surface area contributed by atoms with Gasteiger partial charge >= 0.3 is 0 Å². The molecule has 3 aromatic rings. The monoisotopic (exact) mass is 405 g/mol. The summed E-state index contributed by atoms with van der Waals surface area (Å²) in [7, 11) is 0. The van der Waals surface area contributed by atoms with Gasteiger partial charge in [0.25, 0.3) is 5.91 Å². The van der Waals surface area contributed by atoms with Crippen molar-refractivity contribution in [2.24, 2.45) is 5.10 Å². The minimum atomic E-state index is -0.322. The van der Waals surface area contributed by atoms with Crippen LogP contribution in [-0.4, -0.2) is 30.1 Å². The molecule has 1 N–H and O–H groups in total. The summed E-state index contributed by atoms with van der Waals surface area (Å²) in [5, 5.41) is 4.08. The molecule has 4 rings (SSSR count). The van der Waals surface area contributed by atoms with Gasteiger partial charge in [0.15, 0.2) is 18.1 Å². The molecule has 1 aliphatic heterocycles. The molecule has 0 saturated carbocycles. The topological polar surface area (TPSA) is 74.1 Å². The van der Waals surface area contributed by atoms with Crippen molar-refractivity contribution >= 4 is 12.1 Å². The second-order valence-electron chi connectivity index (χ2n) is 7.10. The van der Waals surface area contributed by atoms with Gasteiger partial charge in [-0.3, -0.25) is 4.79 Å². The van der Waals surface area contributed by atoms with Gasteiger partial charge in [-0.1, -0.05) is 12.1 Å². The minimum absolute atomic E-state index is 0.100. The third-order valence-electron chi connectivity index (χ3n) is 4.84. The molecule has 0 unspecified atom stereocenters. The number of benzene rings is 2. The summed E-state index contributed by atoms with van der Waals surface area (Å²) >= 11 is 0. The standard InChI is InChI=1S/C23H23N3O4/c1-15-5-4-6-20(9-15)28-13-23(27)25-24-12-18-10-16(2)26(17(18)3)19-7-8-21-22(11-19)30-14-29-21/h4-12H,13-14H2,1-3H3,(H,25,27)/b24-12-. The Morgan fingerprint density at radius 3 is 2.80 bits per heavy atom. The van der Waals surface area contributed by atoms with Gasteiger partial charge in [-0.2, -0.15) is 5.10 Å². The number of aromatic nitrogens is 1. The quantitative estimate of drug-likeness (QED) is 0.502. The number of fused-ring (bicyclic) bond motifs is 1. The lowest BCUT2D eigenvalue weighted by atomic mass is 10.2. The molecule has 0 radical (unpaired) electrons. The lowest BCUT2D eigenvalue weighted by molar-refractivity contribution is -0.123. The maximum atomic E-state index is 12.0. The molecule has 2 heterocycles. The fourth-order valence-corrected chi connectivity index (χ4v) is 3.40. The van der Waals surface area contributed by atoms with E-state index in [1.165, 1.54) is 0 Å². The van der Waals surface area contributed by atoms with E-state index < -0.39 is 0 Å². The molecule has 30 heavy (non-hydrogen) atoms. The minimum Gasteiger partial charge on any atom is -0.484 e. The number of hydrogen-bond donors (Lipinski definition) is 1. The zero-order valence-corrected chi connectivity index (χ0v) is 17.1. The van der Waals surface area contributed by atoms with E-state index in [1.807, 2.05) is 69.3 Å². The predicted octanol–water partition coefficient (Wildman–Crippen LogP) is 3.66. The zero-order valence-electron chi connectivity index (χ0n) is 17.1. The Labute approximate surface area is 174 Å². The lowest BCUT2D eigenvalue weighted by Gasteiger charge is -2.10. The molecule has 0 saturated heterocycles. The number of nitrogens with zero attached hydrogens (tertiary/aromatic N) is 2. The van der Waals surface area contributed by atoms with Crippen LogP contribution in [0.5, 0.6) is 17.2 Å². The molecular weight excluding hydrogens is 382 g/mol. The van der Waals surface area contributed by atoms with Gasteiger partial charge in [-0.05, 0) is 56.7 Å². The molecular formula is C23H23N3O4. The highest BCUT2D eigenvalue weighted by Gasteiger charge is 2.16. The van der Waals surface area contributed by atoms with E-state index in [0.717, 1.165) is 39.7 Å². The first-order valence-electron chi connectivity index (χ1n) is 9.61. The first kappa shape index (κ1) is 19.6. The van der Waals surface area contributed by atoms with Crippen LogP contribution in [0.4, 0.5) is 0 Å². The highest BCUT2D eigenvalue weighted by molar-refractivity contribution is 5.84. The third-order valence-corrected chi connectivity index (χ3v) is 4.84. The summed E-state index contributed by atoms with van der Waals surface area (Å²) in [6.45, 7) is 6.13. The van der Waals surface area contributed by atoms with E-state index in [9.17, 15) is 4.79 Å². The Hall–Kier alpha value is -3.74. The first-order chi connectivity index (χ1) is 14.5. The van der Waals surface area contributed by atoms with Crippen LogP contribution in [-0.2, 0) is 4.79 Å². The highest BCUT2D eigenvalue weighted by Crippen LogP contribution is 2.34. The number of nitrogens with one attached hydrogen (secondary N) is 1. The second kappa shape index (κ2) is 8.32. The Morgan fingerprint density at radius 1 is 1.13 bits per heavy atom. The highest BCUT2D eigenvalue weighted by atomic mass is 16.7. The molecule has 1 aliphatic rings. The Balaban J connectivity index is 1.41. The summed E-state index contributed by atoms with van der Waals surface area (Å²) < 4.78 is 18.4. The van der Waals surface area contributed by atoms with Crippen LogP contribution in [0.1, 0.15) is 22.5 Å². The van der Waals surface area contributed by atoms with Crippen LogP contribution in [0.3, 0.4) is 0 Å². The average molecular weight is 405 g/mol. The van der Waals surface area contributed by atoms with Gasteiger partial charge in [0.05, 0.1) is 6.21 Å². The molecule has 2 aromatic carbocycles. The number of ether oxygens (including phenoxy) is 3. The normalized spacial score (nSPS) is 12.4. The van der Waals surface area contributed by atoms with Crippen molar-refractivity contribution in [3.05, 3.63) is 71.0 Å². The van der Waals surface area contributed by atoms with Crippen molar-refractivity contribution in [2.75, 3.05) is 13.4 Å². The fraction of sp³-hybridized carbons (Fsp3) is 0.217. The van der Waals surface area contributed by atoms with Crippen molar-refractivity contribution in [2.45, 2.75) is 20.8 Å². The molecule has 1 aromatic heterocycles. The van der Waals surface area contributed by atoms with Crippen molar-refractivity contribution in [3.63, 3.8) is 0 Å². The predicted molar refractivity (Wildman–Crippen MR) is 114 cm³/mol. The van der Waals surface area contributed by atoms with Crippen molar-refractivity contribution in [3.8, 4) is 22.9 Å². The SMILES string of the molecule is Cc1cccc(OCC(=O)N/N=C\c2cc(C)n(-c3ccc4c(c3)OCO4)c2C)c1. The first-order valence-corrected chi connectivity index (χ1v) is 9.61. The van der Waals surface area contributed by atoms with E-state index in [1.54, 1.807) is 6.21 Å².